The molecule has 1 N–H and O–H groups in total. The van der Waals surface area contributed by atoms with Crippen LogP contribution in [-0.2, 0) is 16.0 Å². The summed E-state index contributed by atoms with van der Waals surface area (Å²) >= 11 is 5.77. The lowest BCUT2D eigenvalue weighted by Crippen LogP contribution is -2.25. The number of nitrogens with one attached hydrogen (secondary N) is 1. The molecule has 2 rings (SSSR count). The van der Waals surface area contributed by atoms with Crippen molar-refractivity contribution in [3.63, 3.8) is 0 Å². The van der Waals surface area contributed by atoms with E-state index in [0.717, 1.165) is 0 Å². The Kier molecular flexibility index (Phi) is 6.80. The van der Waals surface area contributed by atoms with E-state index >= 15 is 0 Å². The normalized spacial score (nSPS) is 11.3. The topological polar surface area (TPSA) is 104 Å². The van der Waals surface area contributed by atoms with Gasteiger partial charge in [0.15, 0.2) is 6.61 Å². The number of benzene rings is 1. The lowest BCUT2D eigenvalue weighted by molar-refractivity contribution is -0.305. The van der Waals surface area contributed by atoms with E-state index in [2.05, 4.69) is 10.5 Å². The molecule has 0 aliphatic heterocycles. The fraction of sp³-hybridized carbons (Fsp3) is 0.278. The van der Waals surface area contributed by atoms with Crippen molar-refractivity contribution in [1.82, 2.24) is 5.43 Å². The number of aliphatic carboxylic acids is 1. The Morgan fingerprint density at radius 3 is 2.65 bits per heavy atom. The molecule has 1 heterocycles. The summed E-state index contributed by atoms with van der Waals surface area (Å²) in [5.41, 5.74) is 3.63. The van der Waals surface area contributed by atoms with Crippen LogP contribution in [0.3, 0.4) is 0 Å². The fourth-order valence-corrected chi connectivity index (χ4v) is 2.30. The summed E-state index contributed by atoms with van der Waals surface area (Å²) in [6.07, 6.45) is 0.110. The molecule has 2 aromatic rings. The number of carbonyl (C=O) groups is 2. The van der Waals surface area contributed by atoms with Crippen molar-refractivity contribution in [3.8, 4) is 5.75 Å². The molecule has 0 spiro atoms. The van der Waals surface area contributed by atoms with Gasteiger partial charge >= 0.3 is 0 Å². The van der Waals surface area contributed by atoms with Gasteiger partial charge in [0.25, 0.3) is 5.91 Å². The fourth-order valence-electron chi connectivity index (χ4n) is 2.17. The maximum atomic E-state index is 11.8. The molecule has 0 atom stereocenters. The van der Waals surface area contributed by atoms with Crippen molar-refractivity contribution in [2.24, 2.45) is 5.10 Å². The third kappa shape index (κ3) is 5.93. The highest BCUT2D eigenvalue weighted by Crippen LogP contribution is 2.17. The second-order valence-electron chi connectivity index (χ2n) is 5.53. The largest absolute Gasteiger partial charge is 0.550 e. The van der Waals surface area contributed by atoms with Crippen molar-refractivity contribution in [1.29, 1.82) is 0 Å². The number of halogens is 1. The molecule has 0 aliphatic carbocycles. The van der Waals surface area contributed by atoms with Gasteiger partial charge in [-0.15, -0.1) is 0 Å². The van der Waals surface area contributed by atoms with Gasteiger partial charge < -0.3 is 19.1 Å². The van der Waals surface area contributed by atoms with Gasteiger partial charge in [-0.25, -0.2) is 5.43 Å². The van der Waals surface area contributed by atoms with Gasteiger partial charge in [-0.05, 0) is 50.6 Å². The molecule has 0 fully saturated rings. The van der Waals surface area contributed by atoms with Crippen LogP contribution in [0, 0.1) is 6.92 Å². The van der Waals surface area contributed by atoms with Crippen molar-refractivity contribution in [3.05, 3.63) is 52.4 Å². The molecule has 0 radical (unpaired) electrons. The van der Waals surface area contributed by atoms with Crippen LogP contribution in [0.15, 0.2) is 39.9 Å². The Bertz CT molecular complexity index is 811. The zero-order chi connectivity index (χ0) is 19.1. The number of hydrogen-bond donors (Lipinski definition) is 1. The summed E-state index contributed by atoms with van der Waals surface area (Å²) < 4.78 is 10.8. The molecule has 26 heavy (non-hydrogen) atoms. The smallest absolute Gasteiger partial charge is 0.277 e. The predicted octanol–water partition coefficient (Wildman–Crippen LogP) is 1.84. The van der Waals surface area contributed by atoms with Crippen LogP contribution in [0.2, 0.25) is 5.02 Å². The van der Waals surface area contributed by atoms with E-state index in [1.807, 2.05) is 0 Å². The van der Waals surface area contributed by atoms with E-state index in [1.54, 1.807) is 44.2 Å². The third-order valence-electron chi connectivity index (χ3n) is 3.47. The van der Waals surface area contributed by atoms with Crippen molar-refractivity contribution in [2.75, 3.05) is 6.61 Å². The van der Waals surface area contributed by atoms with Gasteiger partial charge in [-0.1, -0.05) is 11.6 Å². The number of carboxylic acids is 1. The van der Waals surface area contributed by atoms with E-state index in [9.17, 15) is 14.7 Å². The Hall–Kier alpha value is -2.80. The number of amides is 1. The van der Waals surface area contributed by atoms with E-state index in [4.69, 9.17) is 20.8 Å². The molecule has 7 nitrogen and oxygen atoms in total. The van der Waals surface area contributed by atoms with Crippen LogP contribution in [0.1, 0.15) is 30.4 Å². The highest BCUT2D eigenvalue weighted by molar-refractivity contribution is 6.30. The number of hydrazone groups is 1. The number of furan rings is 1. The number of aryl methyl sites for hydroxylation is 2. The van der Waals surface area contributed by atoms with Crippen LogP contribution >= 0.6 is 11.6 Å². The molecule has 0 saturated carbocycles. The van der Waals surface area contributed by atoms with Crippen LogP contribution in [0.5, 0.6) is 5.75 Å². The van der Waals surface area contributed by atoms with Crippen molar-refractivity contribution in [2.45, 2.75) is 26.7 Å². The number of carboxylic acid groups (broad SMARTS) is 1. The quantitative estimate of drug-likeness (QED) is 0.558. The van der Waals surface area contributed by atoms with Gasteiger partial charge in [-0.3, -0.25) is 4.79 Å². The Balaban J connectivity index is 1.89. The second kappa shape index (κ2) is 9.05. The minimum Gasteiger partial charge on any atom is -0.550 e. The van der Waals surface area contributed by atoms with Crippen molar-refractivity contribution < 1.29 is 23.8 Å². The summed E-state index contributed by atoms with van der Waals surface area (Å²) in [6.45, 7) is 3.25. The van der Waals surface area contributed by atoms with Gasteiger partial charge in [0, 0.05) is 23.0 Å². The maximum absolute atomic E-state index is 11.8. The summed E-state index contributed by atoms with van der Waals surface area (Å²) in [6, 6.07) is 8.35. The molecule has 0 aliphatic rings. The van der Waals surface area contributed by atoms with Crippen LogP contribution < -0.4 is 15.3 Å². The highest BCUT2D eigenvalue weighted by atomic mass is 35.5. The Labute approximate surface area is 155 Å². The molecule has 8 heteroatoms. The monoisotopic (exact) mass is 377 g/mol. The maximum Gasteiger partial charge on any atom is 0.277 e. The SMILES string of the molecule is C/C(=N/NC(=O)COc1ccc(Cl)cc1)c1cc(CCC(=O)[O-])oc1C. The Morgan fingerprint density at radius 1 is 1.31 bits per heavy atom. The predicted molar refractivity (Wildman–Crippen MR) is 94.1 cm³/mol. The first-order chi connectivity index (χ1) is 12.3. The molecule has 0 saturated heterocycles. The number of carbonyl (C=O) groups excluding carboxylic acids is 2. The minimum atomic E-state index is -1.14. The minimum absolute atomic E-state index is 0.124. The van der Waals surface area contributed by atoms with Crippen molar-refractivity contribution >= 4 is 29.2 Å². The van der Waals surface area contributed by atoms with Gasteiger partial charge in [0.05, 0.1) is 5.71 Å². The van der Waals surface area contributed by atoms with Crippen LogP contribution in [0.25, 0.3) is 0 Å². The molecule has 1 aromatic heterocycles. The molecule has 1 aromatic carbocycles. The first-order valence-corrected chi connectivity index (χ1v) is 8.24. The average molecular weight is 378 g/mol. The number of hydrogen-bond acceptors (Lipinski definition) is 6. The molecule has 0 bridgehead atoms. The molecular weight excluding hydrogens is 360 g/mol. The average Bonchev–Trinajstić information content (AvgIpc) is 2.98. The summed E-state index contributed by atoms with van der Waals surface area (Å²) in [4.78, 5) is 22.3. The molecule has 1 amide bonds. The molecule has 138 valence electrons. The molecular formula is C18H18ClN2O5-. The number of nitrogens with zero attached hydrogens (tertiary/aromatic N) is 1. The van der Waals surface area contributed by atoms with Gasteiger partial charge in [0.1, 0.15) is 17.3 Å². The summed E-state index contributed by atoms with van der Waals surface area (Å²) in [7, 11) is 0. The number of ether oxygens (including phenoxy) is 1. The second-order valence-corrected chi connectivity index (χ2v) is 5.97. The lowest BCUT2D eigenvalue weighted by Gasteiger charge is -2.05. The van der Waals surface area contributed by atoms with E-state index in [-0.39, 0.29) is 19.4 Å². The molecule has 0 unspecified atom stereocenters. The zero-order valence-corrected chi connectivity index (χ0v) is 15.1. The standard InChI is InChI=1S/C18H19ClN2O5/c1-11(16-9-15(26-12(16)2)7-8-18(23)24)20-21-17(22)10-25-14-5-3-13(19)4-6-14/h3-6,9H,7-8,10H2,1-2H3,(H,21,22)(H,23,24)/p-1/b20-11-. The highest BCUT2D eigenvalue weighted by Gasteiger charge is 2.11. The first-order valence-electron chi connectivity index (χ1n) is 7.86. The zero-order valence-electron chi connectivity index (χ0n) is 14.4. The summed E-state index contributed by atoms with van der Waals surface area (Å²) in [5.74, 6) is 0.0740. The van der Waals surface area contributed by atoms with Crippen LogP contribution in [-0.4, -0.2) is 24.2 Å². The lowest BCUT2D eigenvalue weighted by atomic mass is 10.1. The van der Waals surface area contributed by atoms with E-state index < -0.39 is 11.9 Å². The van der Waals surface area contributed by atoms with E-state index in [1.165, 1.54) is 0 Å². The van der Waals surface area contributed by atoms with Gasteiger partial charge in [0.2, 0.25) is 0 Å². The summed E-state index contributed by atoms with van der Waals surface area (Å²) in [5, 5.41) is 15.1. The van der Waals surface area contributed by atoms with Crippen LogP contribution in [0.4, 0.5) is 0 Å². The first kappa shape index (κ1) is 19.5. The number of rotatable bonds is 8. The third-order valence-corrected chi connectivity index (χ3v) is 3.72. The van der Waals surface area contributed by atoms with E-state index in [0.29, 0.717) is 33.6 Å². The Morgan fingerprint density at radius 2 is 2.00 bits per heavy atom. The van der Waals surface area contributed by atoms with Gasteiger partial charge in [-0.2, -0.15) is 5.10 Å².